The maximum Gasteiger partial charge on any atom is 0.157 e. The zero-order valence-electron chi connectivity index (χ0n) is 32.1. The predicted octanol–water partition coefficient (Wildman–Crippen LogP) is 14.0. The Labute approximate surface area is 346 Å². The van der Waals surface area contributed by atoms with Gasteiger partial charge in [-0.2, -0.15) is 0 Å². The Bertz CT molecular complexity index is 3120. The fourth-order valence-electron chi connectivity index (χ4n) is 8.30. The Morgan fingerprint density at radius 3 is 1.71 bits per heavy atom. The lowest BCUT2D eigenvalue weighted by Gasteiger charge is -2.25. The first-order valence-electron chi connectivity index (χ1n) is 19.9. The van der Waals surface area contributed by atoms with Crippen molar-refractivity contribution in [3.63, 3.8) is 0 Å². The van der Waals surface area contributed by atoms with Gasteiger partial charge < -0.3 is 4.90 Å². The minimum atomic E-state index is -0.0804. The summed E-state index contributed by atoms with van der Waals surface area (Å²) in [6.07, 6.45) is 0.659. The summed E-state index contributed by atoms with van der Waals surface area (Å²) in [5.41, 5.74) is 12.1. The molecule has 0 saturated carbocycles. The lowest BCUT2D eigenvalue weighted by atomic mass is 10.0. The van der Waals surface area contributed by atoms with Gasteiger partial charge in [0.1, 0.15) is 10.8 Å². The van der Waals surface area contributed by atoms with E-state index >= 15 is 0 Å². The summed E-state index contributed by atoms with van der Waals surface area (Å²) in [5, 5.41) is 3.37. The van der Waals surface area contributed by atoms with Crippen molar-refractivity contribution < 1.29 is 0 Å². The lowest BCUT2D eigenvalue weighted by molar-refractivity contribution is 0.741. The van der Waals surface area contributed by atoms with E-state index < -0.39 is 0 Å². The molecule has 5 nitrogen and oxygen atoms in total. The Morgan fingerprint density at radius 2 is 1.05 bits per heavy atom. The van der Waals surface area contributed by atoms with E-state index in [9.17, 15) is 0 Å². The normalized spacial score (nSPS) is 14.1. The summed E-state index contributed by atoms with van der Waals surface area (Å²) in [7, 11) is 0. The van der Waals surface area contributed by atoms with Crippen molar-refractivity contribution in [2.75, 3.05) is 4.90 Å². The number of thiazole rings is 1. The summed E-state index contributed by atoms with van der Waals surface area (Å²) >= 11 is 1.74. The lowest BCUT2D eigenvalue weighted by Crippen LogP contribution is -2.22. The molecule has 0 fully saturated rings. The van der Waals surface area contributed by atoms with Crippen molar-refractivity contribution in [1.29, 1.82) is 0 Å². The molecule has 0 spiro atoms. The molecule has 59 heavy (non-hydrogen) atoms. The van der Waals surface area contributed by atoms with Crippen LogP contribution in [-0.2, 0) is 0 Å². The molecule has 2 aromatic heterocycles. The molecule has 0 saturated heterocycles. The molecule has 1 unspecified atom stereocenters. The monoisotopic (exact) mass is 775 g/mol. The minimum absolute atomic E-state index is 0.0804. The molecule has 0 bridgehead atoms. The van der Waals surface area contributed by atoms with Crippen molar-refractivity contribution in [3.05, 3.63) is 217 Å². The van der Waals surface area contributed by atoms with Crippen molar-refractivity contribution in [1.82, 2.24) is 9.55 Å². The third kappa shape index (κ3) is 6.50. The molecule has 10 aromatic rings. The summed E-state index contributed by atoms with van der Waals surface area (Å²) in [6, 6.07) is 72.8. The molecule has 0 radical (unpaired) electrons. The van der Waals surface area contributed by atoms with Crippen LogP contribution in [0.2, 0.25) is 0 Å². The highest BCUT2D eigenvalue weighted by Gasteiger charge is 2.26. The van der Waals surface area contributed by atoms with Gasteiger partial charge in [-0.25, -0.2) is 9.98 Å². The van der Waals surface area contributed by atoms with Crippen LogP contribution in [0.5, 0.6) is 0 Å². The molecule has 3 heterocycles. The minimum Gasteiger partial charge on any atom is -0.311 e. The largest absolute Gasteiger partial charge is 0.311 e. The first-order valence-corrected chi connectivity index (χ1v) is 20.8. The highest BCUT2D eigenvalue weighted by Crippen LogP contribution is 2.41. The van der Waals surface area contributed by atoms with Crippen LogP contribution in [0.15, 0.2) is 216 Å². The molecule has 8 aromatic carbocycles. The highest BCUT2D eigenvalue weighted by atomic mass is 32.1. The Morgan fingerprint density at radius 1 is 0.492 bits per heavy atom. The van der Waals surface area contributed by atoms with Crippen molar-refractivity contribution >= 4 is 72.1 Å². The van der Waals surface area contributed by atoms with Gasteiger partial charge >= 0.3 is 0 Å². The Kier molecular flexibility index (Phi) is 8.75. The van der Waals surface area contributed by atoms with Crippen LogP contribution >= 0.6 is 11.3 Å². The molecular weight excluding hydrogens is 739 g/mol. The number of fused-ring (bicyclic) bond motifs is 4. The number of rotatable bonds is 7. The number of hydrogen-bond donors (Lipinski definition) is 0. The van der Waals surface area contributed by atoms with Gasteiger partial charge in [-0.3, -0.25) is 9.56 Å². The molecule has 1 aliphatic heterocycles. The van der Waals surface area contributed by atoms with Gasteiger partial charge in [0.25, 0.3) is 0 Å². The quantitative estimate of drug-likeness (QED) is 0.162. The highest BCUT2D eigenvalue weighted by molar-refractivity contribution is 7.21. The Hall–Kier alpha value is -7.41. The third-order valence-electron chi connectivity index (χ3n) is 11.1. The number of para-hydroxylation sites is 2. The first-order chi connectivity index (χ1) is 29.2. The van der Waals surface area contributed by atoms with E-state index in [-0.39, 0.29) is 6.04 Å². The number of hydrogen-bond acceptors (Lipinski definition) is 5. The number of anilines is 3. The topological polar surface area (TPSA) is 45.8 Å². The van der Waals surface area contributed by atoms with Crippen LogP contribution in [0.1, 0.15) is 23.6 Å². The van der Waals surface area contributed by atoms with E-state index in [2.05, 4.69) is 210 Å². The molecule has 280 valence electrons. The van der Waals surface area contributed by atoms with Gasteiger partial charge in [-0.1, -0.05) is 146 Å². The van der Waals surface area contributed by atoms with Crippen molar-refractivity contribution in [3.8, 4) is 21.7 Å². The second kappa shape index (κ2) is 14.8. The smallest absolute Gasteiger partial charge is 0.157 e. The molecule has 11 rings (SSSR count). The molecule has 1 aliphatic rings. The number of amidine groups is 1. The van der Waals surface area contributed by atoms with Gasteiger partial charge in [0.2, 0.25) is 0 Å². The fraction of sp³-hybridized carbons (Fsp3) is 0.0377. The number of nitrogens with zero attached hydrogens (tertiary/aromatic N) is 5. The van der Waals surface area contributed by atoms with Crippen LogP contribution in [-0.4, -0.2) is 21.2 Å². The van der Waals surface area contributed by atoms with Crippen LogP contribution in [0.25, 0.3) is 53.7 Å². The zero-order chi connectivity index (χ0) is 39.1. The molecule has 6 heteroatoms. The van der Waals surface area contributed by atoms with Gasteiger partial charge in [-0.15, -0.1) is 11.3 Å². The third-order valence-corrected chi connectivity index (χ3v) is 12.2. The maximum absolute atomic E-state index is 5.37. The van der Waals surface area contributed by atoms with E-state index in [1.54, 1.807) is 11.3 Å². The van der Waals surface area contributed by atoms with E-state index in [0.717, 1.165) is 77.2 Å². The number of aromatic nitrogens is 2. The van der Waals surface area contributed by atoms with Gasteiger partial charge in [0.15, 0.2) is 5.84 Å². The SMILES string of the molecule is c1ccc(C2=NC(c3ccccc3)CC(n3c4ccc(-c5ccc(N(c6ccccc6)c6ccccc6)cc5)cc4c4cc5sc(-c6ccccc6)nc5cc43)=N2)cc1. The average molecular weight is 776 g/mol. The van der Waals surface area contributed by atoms with E-state index in [1.165, 1.54) is 16.3 Å². The molecular formula is C53H37N5S. The van der Waals surface area contributed by atoms with Crippen LogP contribution in [0.3, 0.4) is 0 Å². The van der Waals surface area contributed by atoms with Crippen LogP contribution < -0.4 is 4.90 Å². The van der Waals surface area contributed by atoms with E-state index in [1.807, 2.05) is 6.07 Å². The molecule has 0 amide bonds. The maximum atomic E-state index is 5.37. The standard InChI is InChI=1S/C53H37N5S/c1-6-16-37(17-7-1)46-35-51(56-52(54-46)38-18-8-2-9-19-38)58-48-31-28-40(32-44(48)45-33-50-47(34-49(45)58)55-53(59-50)39-20-10-3-11-21-39)36-26-29-43(30-27-36)57(41-22-12-4-13-23-41)42-24-14-5-15-25-42/h1-34,46H,35H2. The average Bonchev–Trinajstić information content (AvgIpc) is 3.88. The molecule has 1 atom stereocenters. The Balaban J connectivity index is 1.07. The van der Waals surface area contributed by atoms with E-state index in [4.69, 9.17) is 15.0 Å². The van der Waals surface area contributed by atoms with Crippen LogP contribution in [0.4, 0.5) is 17.1 Å². The second-order valence-electron chi connectivity index (χ2n) is 14.8. The van der Waals surface area contributed by atoms with Gasteiger partial charge in [0, 0.05) is 45.4 Å². The zero-order valence-corrected chi connectivity index (χ0v) is 32.9. The van der Waals surface area contributed by atoms with Gasteiger partial charge in [-0.05, 0) is 77.4 Å². The van der Waals surface area contributed by atoms with Crippen molar-refractivity contribution in [2.45, 2.75) is 12.5 Å². The summed E-state index contributed by atoms with van der Waals surface area (Å²) in [5.74, 6) is 1.71. The second-order valence-corrected chi connectivity index (χ2v) is 15.9. The fourth-order valence-corrected chi connectivity index (χ4v) is 9.30. The summed E-state index contributed by atoms with van der Waals surface area (Å²) in [4.78, 5) is 18.1. The number of benzene rings is 8. The van der Waals surface area contributed by atoms with Gasteiger partial charge in [0.05, 0.1) is 27.3 Å². The predicted molar refractivity (Wildman–Crippen MR) is 248 cm³/mol. The molecule has 0 N–H and O–H groups in total. The molecule has 0 aliphatic carbocycles. The van der Waals surface area contributed by atoms with Crippen molar-refractivity contribution in [2.24, 2.45) is 9.98 Å². The van der Waals surface area contributed by atoms with E-state index in [0.29, 0.717) is 6.42 Å². The number of aliphatic imine (C=N–C) groups is 2. The summed E-state index contributed by atoms with van der Waals surface area (Å²) in [6.45, 7) is 0. The first kappa shape index (κ1) is 34.8. The van der Waals surface area contributed by atoms with Crippen LogP contribution in [0, 0.1) is 0 Å². The summed E-state index contributed by atoms with van der Waals surface area (Å²) < 4.78 is 3.52.